The summed E-state index contributed by atoms with van der Waals surface area (Å²) in [6.45, 7) is 0.785. The Morgan fingerprint density at radius 1 is 0.680 bits per heavy atom. The Labute approximate surface area is 296 Å². The Morgan fingerprint density at radius 3 is 2.12 bits per heavy atom. The summed E-state index contributed by atoms with van der Waals surface area (Å²) < 4.78 is 5.20. The van der Waals surface area contributed by atoms with Crippen LogP contribution in [0, 0.1) is 0 Å². The van der Waals surface area contributed by atoms with Crippen LogP contribution < -0.4 is 5.32 Å². The summed E-state index contributed by atoms with van der Waals surface area (Å²) in [5.74, 6) is 0. The maximum absolute atomic E-state index is 3.47. The second kappa shape index (κ2) is 12.6. The number of benzene rings is 7. The minimum Gasteiger partial charge on any atom is -0.388 e. The SMILES string of the molecule is CN/C(=C\C(c1ccccc1)N(C)Cc1cccc(-n2c3ccccc3c3c4c5ccccc5sc4c4ccccc4c32)c1)c1ccccc1. The van der Waals surface area contributed by atoms with Gasteiger partial charge in [0.05, 0.1) is 17.1 Å². The van der Waals surface area contributed by atoms with E-state index in [2.05, 4.69) is 186 Å². The van der Waals surface area contributed by atoms with Crippen LogP contribution in [-0.4, -0.2) is 23.6 Å². The maximum atomic E-state index is 3.47. The topological polar surface area (TPSA) is 20.2 Å². The zero-order valence-electron chi connectivity index (χ0n) is 28.2. The van der Waals surface area contributed by atoms with Gasteiger partial charge in [0, 0.05) is 66.7 Å². The van der Waals surface area contributed by atoms with E-state index < -0.39 is 0 Å². The first kappa shape index (κ1) is 30.4. The van der Waals surface area contributed by atoms with E-state index in [1.165, 1.54) is 75.1 Å². The predicted molar refractivity (Wildman–Crippen MR) is 215 cm³/mol. The Balaban J connectivity index is 1.21. The lowest BCUT2D eigenvalue weighted by atomic mass is 10.00. The molecule has 0 amide bonds. The molecule has 242 valence electrons. The summed E-state index contributed by atoms with van der Waals surface area (Å²) in [7, 11) is 4.23. The van der Waals surface area contributed by atoms with Gasteiger partial charge in [0.1, 0.15) is 0 Å². The van der Waals surface area contributed by atoms with Gasteiger partial charge in [-0.05, 0) is 54.1 Å². The first-order chi connectivity index (χ1) is 24.7. The van der Waals surface area contributed by atoms with Crippen LogP contribution in [0.5, 0.6) is 0 Å². The molecule has 4 heteroatoms. The molecule has 0 saturated carbocycles. The molecule has 50 heavy (non-hydrogen) atoms. The van der Waals surface area contributed by atoms with E-state index in [-0.39, 0.29) is 6.04 Å². The molecule has 7 aromatic carbocycles. The lowest BCUT2D eigenvalue weighted by Crippen LogP contribution is -2.24. The highest BCUT2D eigenvalue weighted by atomic mass is 32.1. The highest BCUT2D eigenvalue weighted by Crippen LogP contribution is 2.47. The van der Waals surface area contributed by atoms with E-state index in [0.29, 0.717) is 0 Å². The smallest absolute Gasteiger partial charge is 0.0626 e. The number of aromatic nitrogens is 1. The molecule has 2 aromatic heterocycles. The molecule has 0 aliphatic carbocycles. The Hall–Kier alpha value is -5.68. The molecule has 3 nitrogen and oxygen atoms in total. The number of hydrogen-bond donors (Lipinski definition) is 1. The van der Waals surface area contributed by atoms with Gasteiger partial charge in [-0.1, -0.05) is 133 Å². The Morgan fingerprint density at radius 2 is 1.34 bits per heavy atom. The van der Waals surface area contributed by atoms with Crippen molar-refractivity contribution in [1.82, 2.24) is 14.8 Å². The molecule has 0 aliphatic heterocycles. The third-order valence-electron chi connectivity index (χ3n) is 10.0. The molecule has 1 unspecified atom stereocenters. The van der Waals surface area contributed by atoms with Gasteiger partial charge >= 0.3 is 0 Å². The van der Waals surface area contributed by atoms with Crippen LogP contribution in [0.15, 0.2) is 164 Å². The van der Waals surface area contributed by atoms with E-state index in [9.17, 15) is 0 Å². The Kier molecular flexibility index (Phi) is 7.69. The van der Waals surface area contributed by atoms with Crippen molar-refractivity contribution in [1.29, 1.82) is 0 Å². The van der Waals surface area contributed by atoms with Crippen molar-refractivity contribution in [2.24, 2.45) is 0 Å². The zero-order chi connectivity index (χ0) is 33.6. The summed E-state index contributed by atoms with van der Waals surface area (Å²) in [6.07, 6.45) is 2.35. The molecule has 0 radical (unpaired) electrons. The number of likely N-dealkylation sites (N-methyl/N-ethyl adjacent to an activating group) is 1. The van der Waals surface area contributed by atoms with Gasteiger partial charge in [-0.15, -0.1) is 11.3 Å². The average molecular weight is 664 g/mol. The molecule has 1 N–H and O–H groups in total. The van der Waals surface area contributed by atoms with Crippen molar-refractivity contribution in [3.05, 3.63) is 180 Å². The number of hydrogen-bond acceptors (Lipinski definition) is 3. The second-order valence-electron chi connectivity index (χ2n) is 13.1. The number of rotatable bonds is 8. The van der Waals surface area contributed by atoms with Crippen LogP contribution in [-0.2, 0) is 6.54 Å². The molecular weight excluding hydrogens is 627 g/mol. The first-order valence-corrected chi connectivity index (χ1v) is 18.1. The molecule has 9 aromatic rings. The second-order valence-corrected chi connectivity index (χ2v) is 14.1. The van der Waals surface area contributed by atoms with Crippen LogP contribution in [0.4, 0.5) is 0 Å². The number of nitrogens with zero attached hydrogens (tertiary/aromatic N) is 2. The van der Waals surface area contributed by atoms with Gasteiger partial charge in [-0.25, -0.2) is 0 Å². The van der Waals surface area contributed by atoms with Crippen LogP contribution in [0.2, 0.25) is 0 Å². The van der Waals surface area contributed by atoms with Gasteiger partial charge in [-0.2, -0.15) is 0 Å². The van der Waals surface area contributed by atoms with E-state index in [1.807, 2.05) is 18.4 Å². The average Bonchev–Trinajstić information content (AvgIpc) is 3.73. The fourth-order valence-electron chi connectivity index (χ4n) is 7.80. The third kappa shape index (κ3) is 5.08. The van der Waals surface area contributed by atoms with Crippen molar-refractivity contribution in [2.45, 2.75) is 12.6 Å². The van der Waals surface area contributed by atoms with Crippen LogP contribution in [0.3, 0.4) is 0 Å². The zero-order valence-corrected chi connectivity index (χ0v) is 29.0. The predicted octanol–water partition coefficient (Wildman–Crippen LogP) is 11.7. The third-order valence-corrected chi connectivity index (χ3v) is 11.2. The molecule has 9 rings (SSSR count). The van der Waals surface area contributed by atoms with E-state index in [0.717, 1.165) is 12.2 Å². The summed E-state index contributed by atoms with van der Waals surface area (Å²) in [4.78, 5) is 2.44. The minimum atomic E-state index is 0.0693. The summed E-state index contributed by atoms with van der Waals surface area (Å²) in [5.41, 5.74) is 8.50. The van der Waals surface area contributed by atoms with Crippen LogP contribution >= 0.6 is 11.3 Å². The Bertz CT molecular complexity index is 2680. The molecular formula is C46H37N3S. The molecule has 0 aliphatic rings. The van der Waals surface area contributed by atoms with Gasteiger partial charge in [0.2, 0.25) is 0 Å². The van der Waals surface area contributed by atoms with E-state index in [1.54, 1.807) is 0 Å². The van der Waals surface area contributed by atoms with Crippen molar-refractivity contribution in [2.75, 3.05) is 14.1 Å². The van der Waals surface area contributed by atoms with E-state index in [4.69, 9.17) is 0 Å². The number of fused-ring (bicyclic) bond motifs is 10. The van der Waals surface area contributed by atoms with Crippen LogP contribution in [0.25, 0.3) is 64.1 Å². The highest BCUT2D eigenvalue weighted by molar-refractivity contribution is 7.27. The number of nitrogens with one attached hydrogen (secondary N) is 1. The maximum Gasteiger partial charge on any atom is 0.0626 e. The minimum absolute atomic E-state index is 0.0693. The lowest BCUT2D eigenvalue weighted by molar-refractivity contribution is 0.277. The molecule has 0 spiro atoms. The van der Waals surface area contributed by atoms with E-state index >= 15 is 0 Å². The molecule has 0 bridgehead atoms. The van der Waals surface area contributed by atoms with Gasteiger partial charge < -0.3 is 9.88 Å². The quantitative estimate of drug-likeness (QED) is 0.175. The first-order valence-electron chi connectivity index (χ1n) is 17.2. The monoisotopic (exact) mass is 663 g/mol. The highest BCUT2D eigenvalue weighted by Gasteiger charge is 2.22. The molecule has 2 heterocycles. The van der Waals surface area contributed by atoms with Crippen molar-refractivity contribution < 1.29 is 0 Å². The van der Waals surface area contributed by atoms with Gasteiger partial charge in [-0.3, -0.25) is 4.90 Å². The van der Waals surface area contributed by atoms with Crippen LogP contribution in [0.1, 0.15) is 22.7 Å². The summed E-state index contributed by atoms with van der Waals surface area (Å²) in [6, 6.07) is 57.4. The lowest BCUT2D eigenvalue weighted by Gasteiger charge is -2.27. The standard InChI is InChI=1S/C46H37N3S/c1-47-39(32-17-5-3-6-18-32)29-41(33-19-7-4-8-20-33)48(2)30-31-16-15-21-34(28-31)49-40-26-13-11-24-37(40)43-44-38-25-12-14-27-42(38)50-46(44)36-23-10-9-22-35(36)45(43)49/h3-29,41,47H,30H2,1-2H3/b39-29-. The van der Waals surface area contributed by atoms with Gasteiger partial charge in [0.15, 0.2) is 0 Å². The van der Waals surface area contributed by atoms with Crippen molar-refractivity contribution in [3.63, 3.8) is 0 Å². The normalized spacial score (nSPS) is 12.9. The fourth-order valence-corrected chi connectivity index (χ4v) is 9.04. The molecule has 1 atom stereocenters. The summed E-state index contributed by atoms with van der Waals surface area (Å²) in [5, 5.41) is 11.4. The van der Waals surface area contributed by atoms with Crippen molar-refractivity contribution in [3.8, 4) is 5.69 Å². The van der Waals surface area contributed by atoms with Gasteiger partial charge in [0.25, 0.3) is 0 Å². The largest absolute Gasteiger partial charge is 0.388 e. The number of thiophene rings is 1. The summed E-state index contributed by atoms with van der Waals surface area (Å²) >= 11 is 1.91. The van der Waals surface area contributed by atoms with Crippen molar-refractivity contribution >= 4 is 69.8 Å². The molecule has 0 saturated heterocycles. The number of para-hydroxylation sites is 1. The fraction of sp³-hybridized carbons (Fsp3) is 0.0870. The molecule has 0 fully saturated rings.